The van der Waals surface area contributed by atoms with E-state index in [1.165, 1.54) is 11.0 Å². The molecule has 0 aliphatic carbocycles. The molecule has 130 valence electrons. The van der Waals surface area contributed by atoms with Crippen molar-refractivity contribution in [1.29, 1.82) is 0 Å². The number of hydrogen-bond acceptors (Lipinski definition) is 3. The monoisotopic (exact) mass is 372 g/mol. The van der Waals surface area contributed by atoms with Crippen LogP contribution >= 0.6 is 23.2 Å². The molecule has 1 heterocycles. The first-order chi connectivity index (χ1) is 11.4. The summed E-state index contributed by atoms with van der Waals surface area (Å²) in [6.45, 7) is 0.767. The zero-order valence-corrected chi connectivity index (χ0v) is 14.4. The number of carbonyl (C=O) groups excluding carboxylic acids is 2. The van der Waals surface area contributed by atoms with E-state index in [2.05, 4.69) is 5.32 Å². The van der Waals surface area contributed by atoms with Gasteiger partial charge in [0.2, 0.25) is 5.91 Å². The van der Waals surface area contributed by atoms with E-state index in [1.807, 2.05) is 0 Å². The zero-order valence-electron chi connectivity index (χ0n) is 12.9. The minimum atomic E-state index is -0.901. The summed E-state index contributed by atoms with van der Waals surface area (Å²) in [4.78, 5) is 36.9. The van der Waals surface area contributed by atoms with Crippen molar-refractivity contribution in [2.24, 2.45) is 0 Å². The van der Waals surface area contributed by atoms with Gasteiger partial charge in [-0.15, -0.1) is 0 Å². The molecule has 0 spiro atoms. The number of halogens is 2. The molecule has 6 nitrogen and oxygen atoms in total. The normalized spacial score (nSPS) is 16.9. The molecule has 8 heteroatoms. The molecule has 1 atom stereocenters. The fourth-order valence-corrected chi connectivity index (χ4v) is 2.94. The summed E-state index contributed by atoms with van der Waals surface area (Å²) < 4.78 is 0. The molecule has 2 rings (SSSR count). The Morgan fingerprint density at radius 2 is 2.00 bits per heavy atom. The van der Waals surface area contributed by atoms with Gasteiger partial charge in [0.1, 0.15) is 6.04 Å². The van der Waals surface area contributed by atoms with Gasteiger partial charge in [0.05, 0.1) is 10.0 Å². The Hall–Kier alpha value is -1.79. The van der Waals surface area contributed by atoms with Gasteiger partial charge < -0.3 is 15.3 Å². The molecule has 0 saturated carbocycles. The van der Waals surface area contributed by atoms with Crippen LogP contribution in [0.1, 0.15) is 36.0 Å². The lowest BCUT2D eigenvalue weighted by Gasteiger charge is -2.24. The van der Waals surface area contributed by atoms with E-state index >= 15 is 0 Å². The maximum absolute atomic E-state index is 12.6. The number of amides is 2. The van der Waals surface area contributed by atoms with Crippen LogP contribution in [0.15, 0.2) is 18.2 Å². The summed E-state index contributed by atoms with van der Waals surface area (Å²) in [5, 5.41) is 11.9. The minimum Gasteiger partial charge on any atom is -0.481 e. The molecule has 1 fully saturated rings. The third kappa shape index (κ3) is 4.61. The number of aliphatic carboxylic acids is 1. The molecule has 0 radical (unpaired) electrons. The fourth-order valence-electron chi connectivity index (χ4n) is 2.65. The molecule has 24 heavy (non-hydrogen) atoms. The van der Waals surface area contributed by atoms with E-state index in [0.29, 0.717) is 30.0 Å². The van der Waals surface area contributed by atoms with Gasteiger partial charge in [0.15, 0.2) is 0 Å². The molecule has 2 amide bonds. The van der Waals surface area contributed by atoms with Gasteiger partial charge >= 0.3 is 5.97 Å². The highest BCUT2D eigenvalue weighted by Crippen LogP contribution is 2.25. The molecule has 1 aliphatic heterocycles. The molecule has 2 N–H and O–H groups in total. The molecule has 1 unspecified atom stereocenters. The zero-order chi connectivity index (χ0) is 17.7. The van der Waals surface area contributed by atoms with E-state index in [4.69, 9.17) is 28.3 Å². The summed E-state index contributed by atoms with van der Waals surface area (Å²) in [5.41, 5.74) is 0.384. The SMILES string of the molecule is O=C(O)CCCNC(=O)C1CCCN1C(=O)c1ccc(Cl)c(Cl)c1. The summed E-state index contributed by atoms with van der Waals surface area (Å²) in [6.07, 6.45) is 1.67. The highest BCUT2D eigenvalue weighted by atomic mass is 35.5. The van der Waals surface area contributed by atoms with Crippen LogP contribution in [0.2, 0.25) is 10.0 Å². The van der Waals surface area contributed by atoms with E-state index < -0.39 is 12.0 Å². The van der Waals surface area contributed by atoms with Crippen molar-refractivity contribution in [1.82, 2.24) is 10.2 Å². The number of likely N-dealkylation sites (tertiary alicyclic amines) is 1. The third-order valence-electron chi connectivity index (χ3n) is 3.85. The van der Waals surface area contributed by atoms with E-state index in [9.17, 15) is 14.4 Å². The average molecular weight is 373 g/mol. The minimum absolute atomic E-state index is 0.00311. The molecular weight excluding hydrogens is 355 g/mol. The van der Waals surface area contributed by atoms with Gasteiger partial charge in [-0.1, -0.05) is 23.2 Å². The second kappa shape index (κ2) is 8.35. The predicted molar refractivity (Wildman–Crippen MR) is 90.4 cm³/mol. The highest BCUT2D eigenvalue weighted by molar-refractivity contribution is 6.42. The van der Waals surface area contributed by atoms with Crippen molar-refractivity contribution in [3.8, 4) is 0 Å². The lowest BCUT2D eigenvalue weighted by Crippen LogP contribution is -2.46. The Kier molecular flexibility index (Phi) is 6.45. The number of carboxylic acids is 1. The van der Waals surface area contributed by atoms with E-state index in [0.717, 1.165) is 6.42 Å². The van der Waals surface area contributed by atoms with Crippen molar-refractivity contribution in [2.45, 2.75) is 31.7 Å². The molecule has 1 aromatic rings. The van der Waals surface area contributed by atoms with Gasteiger partial charge in [-0.05, 0) is 37.5 Å². The quantitative estimate of drug-likeness (QED) is 0.751. The molecule has 0 aromatic heterocycles. The Balaban J connectivity index is 1.98. The summed E-state index contributed by atoms with van der Waals surface area (Å²) in [7, 11) is 0. The average Bonchev–Trinajstić information content (AvgIpc) is 3.02. The fraction of sp³-hybridized carbons (Fsp3) is 0.438. The van der Waals surface area contributed by atoms with Crippen LogP contribution in [0.4, 0.5) is 0 Å². The standard InChI is InChI=1S/C16H18Cl2N2O4/c17-11-6-5-10(9-12(11)18)16(24)20-8-2-3-13(20)15(23)19-7-1-4-14(21)22/h5-6,9,13H,1-4,7-8H2,(H,19,23)(H,21,22). The first-order valence-corrected chi connectivity index (χ1v) is 8.41. The van der Waals surface area contributed by atoms with Gasteiger partial charge in [0, 0.05) is 25.1 Å². The van der Waals surface area contributed by atoms with Crippen LogP contribution in [0.25, 0.3) is 0 Å². The maximum Gasteiger partial charge on any atom is 0.303 e. The molecule has 1 aromatic carbocycles. The number of carboxylic acid groups (broad SMARTS) is 1. The van der Waals surface area contributed by atoms with Crippen molar-refractivity contribution in [3.05, 3.63) is 33.8 Å². The number of nitrogens with one attached hydrogen (secondary N) is 1. The topological polar surface area (TPSA) is 86.7 Å². The van der Waals surface area contributed by atoms with Crippen molar-refractivity contribution in [2.75, 3.05) is 13.1 Å². The Bertz CT molecular complexity index is 651. The first kappa shape index (κ1) is 18.5. The smallest absolute Gasteiger partial charge is 0.303 e. The number of carbonyl (C=O) groups is 3. The van der Waals surface area contributed by atoms with E-state index in [1.54, 1.807) is 12.1 Å². The number of nitrogens with zero attached hydrogens (tertiary/aromatic N) is 1. The van der Waals surface area contributed by atoms with Crippen LogP contribution in [0.3, 0.4) is 0 Å². The van der Waals surface area contributed by atoms with Crippen LogP contribution in [-0.2, 0) is 9.59 Å². The van der Waals surface area contributed by atoms with Crippen LogP contribution in [0, 0.1) is 0 Å². The summed E-state index contributed by atoms with van der Waals surface area (Å²) >= 11 is 11.8. The lowest BCUT2D eigenvalue weighted by atomic mass is 10.1. The number of benzene rings is 1. The highest BCUT2D eigenvalue weighted by Gasteiger charge is 2.34. The van der Waals surface area contributed by atoms with Crippen molar-refractivity contribution in [3.63, 3.8) is 0 Å². The second-order valence-corrected chi connectivity index (χ2v) is 6.39. The Labute approximate surface area is 149 Å². The third-order valence-corrected chi connectivity index (χ3v) is 4.59. The molecule has 1 aliphatic rings. The van der Waals surface area contributed by atoms with Gasteiger partial charge in [-0.2, -0.15) is 0 Å². The number of hydrogen-bond donors (Lipinski definition) is 2. The number of rotatable bonds is 6. The predicted octanol–water partition coefficient (Wildman–Crippen LogP) is 2.58. The largest absolute Gasteiger partial charge is 0.481 e. The lowest BCUT2D eigenvalue weighted by molar-refractivity contribution is -0.137. The van der Waals surface area contributed by atoms with Gasteiger partial charge in [0.25, 0.3) is 5.91 Å². The van der Waals surface area contributed by atoms with Gasteiger partial charge in [-0.25, -0.2) is 0 Å². The van der Waals surface area contributed by atoms with Crippen LogP contribution < -0.4 is 5.32 Å². The van der Waals surface area contributed by atoms with E-state index in [-0.39, 0.29) is 29.8 Å². The van der Waals surface area contributed by atoms with Crippen LogP contribution in [-0.4, -0.2) is 46.9 Å². The van der Waals surface area contributed by atoms with Crippen molar-refractivity contribution >= 4 is 41.0 Å². The maximum atomic E-state index is 12.6. The molecular formula is C16H18Cl2N2O4. The van der Waals surface area contributed by atoms with Crippen LogP contribution in [0.5, 0.6) is 0 Å². The summed E-state index contributed by atoms with van der Waals surface area (Å²) in [5.74, 6) is -1.43. The Morgan fingerprint density at radius 3 is 2.67 bits per heavy atom. The second-order valence-electron chi connectivity index (χ2n) is 5.57. The van der Waals surface area contributed by atoms with Gasteiger partial charge in [-0.3, -0.25) is 14.4 Å². The summed E-state index contributed by atoms with van der Waals surface area (Å²) in [6, 6.07) is 4.08. The van der Waals surface area contributed by atoms with Crippen molar-refractivity contribution < 1.29 is 19.5 Å². The first-order valence-electron chi connectivity index (χ1n) is 7.65. The molecule has 1 saturated heterocycles. The Morgan fingerprint density at radius 1 is 1.25 bits per heavy atom. The molecule has 0 bridgehead atoms.